The van der Waals surface area contributed by atoms with E-state index in [-0.39, 0.29) is 15.9 Å². The van der Waals surface area contributed by atoms with E-state index in [4.69, 9.17) is 18.0 Å². The number of nitrogens with two attached hydrogens (primary N) is 1. The van der Waals surface area contributed by atoms with Crippen molar-refractivity contribution >= 4 is 27.2 Å². The Bertz CT molecular complexity index is 502. The topological polar surface area (TPSA) is 101 Å². The molecule has 0 amide bonds. The summed E-state index contributed by atoms with van der Waals surface area (Å²) in [5.41, 5.74) is 6.32. The highest BCUT2D eigenvalue weighted by atomic mass is 32.2. The Labute approximate surface area is 106 Å². The van der Waals surface area contributed by atoms with E-state index < -0.39 is 10.0 Å². The molecule has 4 N–H and O–H groups in total. The van der Waals surface area contributed by atoms with Crippen LogP contribution in [-0.2, 0) is 10.0 Å². The number of rotatable bonds is 5. The van der Waals surface area contributed by atoms with Crippen molar-refractivity contribution in [3.05, 3.63) is 11.4 Å². The van der Waals surface area contributed by atoms with Gasteiger partial charge in [-0.1, -0.05) is 12.2 Å². The van der Waals surface area contributed by atoms with Gasteiger partial charge in [-0.2, -0.15) is 5.10 Å². The molecule has 0 aromatic carbocycles. The zero-order chi connectivity index (χ0) is 13.2. The Morgan fingerprint density at radius 1 is 1.59 bits per heavy atom. The minimum Gasteiger partial charge on any atom is -0.393 e. The largest absolute Gasteiger partial charge is 0.393 e. The summed E-state index contributed by atoms with van der Waals surface area (Å²) in [4.78, 5) is 0.466. The molecule has 1 aromatic heterocycles. The first kappa shape index (κ1) is 14.1. The Morgan fingerprint density at radius 3 is 2.59 bits per heavy atom. The fourth-order valence-electron chi connectivity index (χ4n) is 1.60. The van der Waals surface area contributed by atoms with Gasteiger partial charge in [0.15, 0.2) is 0 Å². The van der Waals surface area contributed by atoms with Crippen LogP contribution in [-0.4, -0.2) is 29.6 Å². The number of nitrogens with zero attached hydrogens (tertiary/aromatic N) is 1. The molecule has 1 unspecified atom stereocenters. The first-order valence-electron chi connectivity index (χ1n) is 5.06. The number of sulfonamides is 1. The lowest BCUT2D eigenvalue weighted by molar-refractivity contribution is 0.564. The molecule has 0 aliphatic rings. The normalized spacial score (nSPS) is 13.6. The van der Waals surface area contributed by atoms with E-state index >= 15 is 0 Å². The lowest BCUT2D eigenvalue weighted by atomic mass is 10.3. The predicted molar refractivity (Wildman–Crippen MR) is 69.2 cm³/mol. The number of aryl methyl sites for hydroxylation is 2. The maximum absolute atomic E-state index is 12.1. The monoisotopic (exact) mass is 276 g/mol. The van der Waals surface area contributed by atoms with Crippen molar-refractivity contribution in [1.82, 2.24) is 14.9 Å². The van der Waals surface area contributed by atoms with Crippen molar-refractivity contribution in [1.29, 1.82) is 0 Å². The molecule has 8 heteroatoms. The number of aromatic nitrogens is 2. The molecule has 96 valence electrons. The zero-order valence-corrected chi connectivity index (χ0v) is 11.6. The van der Waals surface area contributed by atoms with Crippen LogP contribution in [0.25, 0.3) is 0 Å². The summed E-state index contributed by atoms with van der Waals surface area (Å²) in [7, 11) is -3.58. The van der Waals surface area contributed by atoms with E-state index in [2.05, 4.69) is 14.9 Å². The third-order valence-corrected chi connectivity index (χ3v) is 4.21. The van der Waals surface area contributed by atoms with Crippen molar-refractivity contribution in [2.45, 2.75) is 38.1 Å². The quantitative estimate of drug-likeness (QED) is 0.675. The average molecular weight is 276 g/mol. The van der Waals surface area contributed by atoms with Crippen LogP contribution in [0.15, 0.2) is 4.90 Å². The fourth-order valence-corrected chi connectivity index (χ4v) is 3.47. The van der Waals surface area contributed by atoms with Gasteiger partial charge in [-0.05, 0) is 20.8 Å². The van der Waals surface area contributed by atoms with Gasteiger partial charge in [0, 0.05) is 12.5 Å². The van der Waals surface area contributed by atoms with E-state index in [1.54, 1.807) is 20.8 Å². The Kier molecular flexibility index (Phi) is 4.23. The van der Waals surface area contributed by atoms with Crippen molar-refractivity contribution in [3.63, 3.8) is 0 Å². The van der Waals surface area contributed by atoms with Crippen LogP contribution in [0, 0.1) is 13.8 Å². The smallest absolute Gasteiger partial charge is 0.244 e. The van der Waals surface area contributed by atoms with Crippen LogP contribution < -0.4 is 10.5 Å². The first-order valence-corrected chi connectivity index (χ1v) is 6.95. The second kappa shape index (κ2) is 5.11. The molecule has 6 nitrogen and oxygen atoms in total. The molecule has 0 aliphatic carbocycles. The Hall–Kier alpha value is -0.990. The van der Waals surface area contributed by atoms with Crippen LogP contribution >= 0.6 is 12.2 Å². The van der Waals surface area contributed by atoms with Crippen LogP contribution in [0.4, 0.5) is 0 Å². The van der Waals surface area contributed by atoms with Crippen molar-refractivity contribution in [2.24, 2.45) is 5.73 Å². The summed E-state index contributed by atoms with van der Waals surface area (Å²) in [5.74, 6) is 0. The van der Waals surface area contributed by atoms with Gasteiger partial charge in [0.25, 0.3) is 0 Å². The maximum atomic E-state index is 12.1. The lowest BCUT2D eigenvalue weighted by Gasteiger charge is -2.13. The summed E-state index contributed by atoms with van der Waals surface area (Å²) in [6.07, 6.45) is 0.324. The number of aromatic amines is 1. The van der Waals surface area contributed by atoms with E-state index in [1.165, 1.54) is 0 Å². The van der Waals surface area contributed by atoms with Crippen LogP contribution in [0.5, 0.6) is 0 Å². The standard InChI is InChI=1S/C9H16N4O2S2/c1-5(4-8(10)16)13-17(14,15)9-6(2)11-12-7(9)3/h5,13H,4H2,1-3H3,(H2,10,16)(H,11,12). The number of hydrogen-bond acceptors (Lipinski definition) is 4. The van der Waals surface area contributed by atoms with E-state index in [1.807, 2.05) is 0 Å². The highest BCUT2D eigenvalue weighted by molar-refractivity contribution is 7.89. The van der Waals surface area contributed by atoms with Crippen molar-refractivity contribution in [3.8, 4) is 0 Å². The third kappa shape index (κ3) is 3.48. The summed E-state index contributed by atoms with van der Waals surface area (Å²) in [6, 6.07) is -0.341. The molecule has 0 aliphatic heterocycles. The predicted octanol–water partition coefficient (Wildman–Crippen LogP) is 0.370. The molecule has 0 radical (unpaired) electrons. The van der Waals surface area contributed by atoms with Gasteiger partial charge < -0.3 is 5.73 Å². The number of thiocarbonyl (C=S) groups is 1. The minimum absolute atomic E-state index is 0.187. The van der Waals surface area contributed by atoms with E-state index in [0.29, 0.717) is 17.8 Å². The number of nitrogens with one attached hydrogen (secondary N) is 2. The van der Waals surface area contributed by atoms with Crippen molar-refractivity contribution in [2.75, 3.05) is 0 Å². The van der Waals surface area contributed by atoms with Gasteiger partial charge in [-0.3, -0.25) is 5.10 Å². The molecule has 1 rings (SSSR count). The molecule has 0 saturated carbocycles. The van der Waals surface area contributed by atoms with Gasteiger partial charge in [-0.25, -0.2) is 13.1 Å². The second-order valence-corrected chi connectivity index (χ2v) is 6.13. The summed E-state index contributed by atoms with van der Waals surface area (Å²) in [6.45, 7) is 5.00. The molecule has 0 saturated heterocycles. The number of H-pyrrole nitrogens is 1. The molecule has 1 aromatic rings. The zero-order valence-electron chi connectivity index (χ0n) is 9.94. The third-order valence-electron chi connectivity index (χ3n) is 2.19. The molecular weight excluding hydrogens is 260 g/mol. The molecule has 17 heavy (non-hydrogen) atoms. The molecule has 0 bridgehead atoms. The molecule has 1 heterocycles. The highest BCUT2D eigenvalue weighted by Crippen LogP contribution is 2.16. The van der Waals surface area contributed by atoms with Gasteiger partial charge in [0.2, 0.25) is 10.0 Å². The maximum Gasteiger partial charge on any atom is 0.244 e. The first-order chi connectivity index (χ1) is 7.74. The van der Waals surface area contributed by atoms with Crippen LogP contribution in [0.2, 0.25) is 0 Å². The van der Waals surface area contributed by atoms with Crippen molar-refractivity contribution < 1.29 is 8.42 Å². The molecule has 0 spiro atoms. The molecular formula is C9H16N4O2S2. The second-order valence-electron chi connectivity index (χ2n) is 3.96. The van der Waals surface area contributed by atoms with Gasteiger partial charge in [-0.15, -0.1) is 0 Å². The van der Waals surface area contributed by atoms with Gasteiger partial charge in [0.1, 0.15) is 4.90 Å². The number of hydrogen-bond donors (Lipinski definition) is 3. The molecule has 1 atom stereocenters. The lowest BCUT2D eigenvalue weighted by Crippen LogP contribution is -2.35. The summed E-state index contributed by atoms with van der Waals surface area (Å²) in [5, 5.41) is 6.49. The Morgan fingerprint density at radius 2 is 2.18 bits per heavy atom. The van der Waals surface area contributed by atoms with Gasteiger partial charge >= 0.3 is 0 Å². The molecule has 0 fully saturated rings. The van der Waals surface area contributed by atoms with E-state index in [0.717, 1.165) is 0 Å². The van der Waals surface area contributed by atoms with Crippen LogP contribution in [0.1, 0.15) is 24.7 Å². The summed E-state index contributed by atoms with van der Waals surface area (Å²) < 4.78 is 26.7. The summed E-state index contributed by atoms with van der Waals surface area (Å²) >= 11 is 4.74. The fraction of sp³-hybridized carbons (Fsp3) is 0.556. The average Bonchev–Trinajstić information content (AvgIpc) is 2.43. The van der Waals surface area contributed by atoms with Gasteiger partial charge in [0.05, 0.1) is 16.4 Å². The van der Waals surface area contributed by atoms with E-state index in [9.17, 15) is 8.42 Å². The minimum atomic E-state index is -3.58. The Balaban J connectivity index is 2.94. The van der Waals surface area contributed by atoms with Crippen LogP contribution in [0.3, 0.4) is 0 Å². The highest BCUT2D eigenvalue weighted by Gasteiger charge is 2.24. The SMILES string of the molecule is Cc1n[nH]c(C)c1S(=O)(=O)NC(C)CC(N)=S.